The van der Waals surface area contributed by atoms with Crippen LogP contribution < -0.4 is 9.62 Å². The summed E-state index contributed by atoms with van der Waals surface area (Å²) >= 11 is 0. The van der Waals surface area contributed by atoms with E-state index in [4.69, 9.17) is 0 Å². The molecule has 0 fully saturated rings. The lowest BCUT2D eigenvalue weighted by atomic mass is 10.0. The van der Waals surface area contributed by atoms with Crippen LogP contribution in [0.5, 0.6) is 0 Å². The smallest absolute Gasteiger partial charge is 0.264 e. The summed E-state index contributed by atoms with van der Waals surface area (Å²) in [5.74, 6) is -1.59. The van der Waals surface area contributed by atoms with Gasteiger partial charge >= 0.3 is 0 Å². The van der Waals surface area contributed by atoms with Crippen LogP contribution in [-0.2, 0) is 32.6 Å². The molecule has 4 rings (SSSR count). The van der Waals surface area contributed by atoms with Crippen molar-refractivity contribution >= 4 is 27.5 Å². The van der Waals surface area contributed by atoms with Crippen LogP contribution in [0.2, 0.25) is 0 Å². The molecule has 4 aromatic carbocycles. The Morgan fingerprint density at radius 1 is 0.837 bits per heavy atom. The monoisotopic (exact) mass is 601 g/mol. The van der Waals surface area contributed by atoms with Gasteiger partial charge in [-0.2, -0.15) is 0 Å². The van der Waals surface area contributed by atoms with Gasteiger partial charge < -0.3 is 10.2 Å². The van der Waals surface area contributed by atoms with E-state index in [1.165, 1.54) is 23.1 Å². The fourth-order valence-electron chi connectivity index (χ4n) is 4.85. The van der Waals surface area contributed by atoms with Crippen molar-refractivity contribution in [3.05, 3.63) is 131 Å². The van der Waals surface area contributed by atoms with Crippen molar-refractivity contribution in [3.8, 4) is 0 Å². The average molecular weight is 602 g/mol. The van der Waals surface area contributed by atoms with Gasteiger partial charge in [-0.3, -0.25) is 13.9 Å². The highest BCUT2D eigenvalue weighted by molar-refractivity contribution is 7.92. The number of nitrogens with zero attached hydrogens (tertiary/aromatic N) is 2. The zero-order chi connectivity index (χ0) is 31.0. The van der Waals surface area contributed by atoms with Gasteiger partial charge in [-0.15, -0.1) is 0 Å². The quantitative estimate of drug-likeness (QED) is 0.235. The first-order valence-electron chi connectivity index (χ1n) is 14.1. The van der Waals surface area contributed by atoms with Crippen LogP contribution in [0.1, 0.15) is 29.2 Å². The normalized spacial score (nSPS) is 11.9. The average Bonchev–Trinajstić information content (AvgIpc) is 2.99. The number of sulfonamides is 1. The third kappa shape index (κ3) is 7.67. The number of hydrogen-bond acceptors (Lipinski definition) is 4. The van der Waals surface area contributed by atoms with Crippen LogP contribution in [-0.4, -0.2) is 44.3 Å². The third-order valence-electron chi connectivity index (χ3n) is 7.19. The molecule has 0 spiro atoms. The SMILES string of the molecule is CCNC(=O)[C@@H](Cc1ccccc1)N(Cc1ccccc1F)C(=O)CN(c1ccccc1C)S(=O)(=O)c1ccc(C)cc1. The van der Waals surface area contributed by atoms with Gasteiger partial charge in [-0.25, -0.2) is 12.8 Å². The van der Waals surface area contributed by atoms with E-state index >= 15 is 0 Å². The fourth-order valence-corrected chi connectivity index (χ4v) is 6.33. The topological polar surface area (TPSA) is 86.8 Å². The summed E-state index contributed by atoms with van der Waals surface area (Å²) in [5.41, 5.74) is 2.88. The summed E-state index contributed by atoms with van der Waals surface area (Å²) in [5, 5.41) is 2.80. The van der Waals surface area contributed by atoms with E-state index in [9.17, 15) is 22.4 Å². The molecular weight excluding hydrogens is 565 g/mol. The van der Waals surface area contributed by atoms with Gasteiger partial charge in [0.2, 0.25) is 11.8 Å². The molecule has 9 heteroatoms. The third-order valence-corrected chi connectivity index (χ3v) is 8.97. The predicted molar refractivity (Wildman–Crippen MR) is 166 cm³/mol. The summed E-state index contributed by atoms with van der Waals surface area (Å²) in [4.78, 5) is 29.2. The Morgan fingerprint density at radius 2 is 1.47 bits per heavy atom. The zero-order valence-corrected chi connectivity index (χ0v) is 25.4. The predicted octanol–water partition coefficient (Wildman–Crippen LogP) is 5.41. The van der Waals surface area contributed by atoms with Crippen molar-refractivity contribution in [2.75, 3.05) is 17.4 Å². The van der Waals surface area contributed by atoms with Gasteiger partial charge in [0.15, 0.2) is 0 Å². The molecule has 0 unspecified atom stereocenters. The largest absolute Gasteiger partial charge is 0.355 e. The Balaban J connectivity index is 1.81. The molecular formula is C34H36FN3O4S. The molecule has 1 atom stereocenters. The van der Waals surface area contributed by atoms with Crippen LogP contribution in [0.15, 0.2) is 108 Å². The molecule has 0 saturated carbocycles. The second-order valence-corrected chi connectivity index (χ2v) is 12.2. The van der Waals surface area contributed by atoms with Crippen molar-refractivity contribution in [1.29, 1.82) is 0 Å². The maximum atomic E-state index is 14.9. The minimum absolute atomic E-state index is 0.0272. The van der Waals surface area contributed by atoms with Crippen molar-refractivity contribution in [2.24, 2.45) is 0 Å². The van der Waals surface area contributed by atoms with Crippen molar-refractivity contribution in [1.82, 2.24) is 10.2 Å². The molecule has 7 nitrogen and oxygen atoms in total. The summed E-state index contributed by atoms with van der Waals surface area (Å²) in [6.45, 7) is 4.89. The number of amides is 2. The Bertz CT molecular complexity index is 1660. The van der Waals surface area contributed by atoms with Crippen LogP contribution in [0, 0.1) is 19.7 Å². The number of para-hydroxylation sites is 1. The van der Waals surface area contributed by atoms with Gasteiger partial charge in [0.25, 0.3) is 10.0 Å². The van der Waals surface area contributed by atoms with Crippen molar-refractivity contribution in [3.63, 3.8) is 0 Å². The lowest BCUT2D eigenvalue weighted by molar-refractivity contribution is -0.140. The number of carbonyl (C=O) groups excluding carboxylic acids is 2. The molecule has 0 aliphatic heterocycles. The number of halogens is 1. The molecule has 0 aliphatic carbocycles. The van der Waals surface area contributed by atoms with Crippen molar-refractivity contribution < 1.29 is 22.4 Å². The number of rotatable bonds is 12. The Hall–Kier alpha value is -4.50. The number of carbonyl (C=O) groups is 2. The van der Waals surface area contributed by atoms with Crippen molar-refractivity contribution in [2.45, 2.75) is 44.7 Å². The molecule has 224 valence electrons. The number of anilines is 1. The fraction of sp³-hybridized carbons (Fsp3) is 0.235. The van der Waals surface area contributed by atoms with Crippen LogP contribution in [0.25, 0.3) is 0 Å². The van der Waals surface area contributed by atoms with E-state index in [2.05, 4.69) is 5.32 Å². The summed E-state index contributed by atoms with van der Waals surface area (Å²) in [6, 6.07) is 27.5. The molecule has 0 aliphatic rings. The molecule has 0 heterocycles. The summed E-state index contributed by atoms with van der Waals surface area (Å²) in [7, 11) is -4.21. The number of likely N-dealkylation sites (N-methyl/N-ethyl adjacent to an activating group) is 1. The van der Waals surface area contributed by atoms with Crippen LogP contribution >= 0.6 is 0 Å². The van der Waals surface area contributed by atoms with E-state index in [0.717, 1.165) is 15.4 Å². The highest BCUT2D eigenvalue weighted by Gasteiger charge is 2.35. The number of benzene rings is 4. The molecule has 1 N–H and O–H groups in total. The number of nitrogens with one attached hydrogen (secondary N) is 1. The van der Waals surface area contributed by atoms with Crippen LogP contribution in [0.4, 0.5) is 10.1 Å². The van der Waals surface area contributed by atoms with Gasteiger partial charge in [0.05, 0.1) is 10.6 Å². The first-order chi connectivity index (χ1) is 20.6. The highest BCUT2D eigenvalue weighted by Crippen LogP contribution is 2.28. The molecule has 43 heavy (non-hydrogen) atoms. The minimum Gasteiger partial charge on any atom is -0.355 e. The Labute approximate surface area is 253 Å². The van der Waals surface area contributed by atoms with E-state index < -0.39 is 40.2 Å². The van der Waals surface area contributed by atoms with Gasteiger partial charge in [-0.1, -0.05) is 84.4 Å². The van der Waals surface area contributed by atoms with Gasteiger partial charge in [0.1, 0.15) is 18.4 Å². The molecule has 0 saturated heterocycles. The molecule has 0 radical (unpaired) electrons. The summed E-state index contributed by atoms with van der Waals surface area (Å²) < 4.78 is 44.2. The number of aryl methyl sites for hydroxylation is 2. The summed E-state index contributed by atoms with van der Waals surface area (Å²) in [6.07, 6.45) is 0.155. The molecule has 4 aromatic rings. The Kier molecular flexibility index (Phi) is 10.3. The van der Waals surface area contributed by atoms with Crippen LogP contribution in [0.3, 0.4) is 0 Å². The first kappa shape index (κ1) is 31.4. The lowest BCUT2D eigenvalue weighted by Crippen LogP contribution is -2.53. The van der Waals surface area contributed by atoms with Gasteiger partial charge in [-0.05, 0) is 56.2 Å². The van der Waals surface area contributed by atoms with Gasteiger partial charge in [0, 0.05) is 25.1 Å². The van der Waals surface area contributed by atoms with E-state index in [-0.39, 0.29) is 23.4 Å². The highest BCUT2D eigenvalue weighted by atomic mass is 32.2. The van der Waals surface area contributed by atoms with E-state index in [0.29, 0.717) is 17.8 Å². The zero-order valence-electron chi connectivity index (χ0n) is 24.5. The standard InChI is InChI=1S/C34H36FN3O4S/c1-4-36-34(40)32(22-27-13-6-5-7-14-27)37(23-28-15-9-10-16-30(28)35)33(39)24-38(31-17-11-8-12-26(31)3)43(41,42)29-20-18-25(2)19-21-29/h5-21,32H,4,22-24H2,1-3H3,(H,36,40)/t32-/m1/s1. The minimum atomic E-state index is -4.21. The maximum Gasteiger partial charge on any atom is 0.264 e. The maximum absolute atomic E-state index is 14.9. The second-order valence-electron chi connectivity index (χ2n) is 10.3. The Morgan fingerprint density at radius 3 is 2.12 bits per heavy atom. The van der Waals surface area contributed by atoms with E-state index in [1.54, 1.807) is 68.4 Å². The molecule has 0 bridgehead atoms. The molecule has 2 amide bonds. The lowest BCUT2D eigenvalue weighted by Gasteiger charge is -2.34. The number of hydrogen-bond donors (Lipinski definition) is 1. The van der Waals surface area contributed by atoms with E-state index in [1.807, 2.05) is 37.3 Å². The molecule has 0 aromatic heterocycles. The first-order valence-corrected chi connectivity index (χ1v) is 15.6. The second kappa shape index (κ2) is 14.1.